The van der Waals surface area contributed by atoms with Crippen LogP contribution in [-0.4, -0.2) is 41.6 Å². The number of nitrogens with zero attached hydrogens (tertiary/aromatic N) is 1. The van der Waals surface area contributed by atoms with Gasteiger partial charge in [0.1, 0.15) is 11.8 Å². The normalized spacial score (nSPS) is 15.1. The van der Waals surface area contributed by atoms with E-state index in [-0.39, 0.29) is 30.3 Å². The molecule has 0 spiro atoms. The number of unbranched alkanes of at least 4 members (excludes halogenated alkanes) is 2. The highest BCUT2D eigenvalue weighted by Gasteiger charge is 2.36. The smallest absolute Gasteiger partial charge is 0.251 e. The third-order valence-corrected chi connectivity index (χ3v) is 7.10. The van der Waals surface area contributed by atoms with E-state index in [0.29, 0.717) is 38.2 Å². The van der Waals surface area contributed by atoms with Gasteiger partial charge in [-0.05, 0) is 59.1 Å². The molecule has 2 aromatic carbocycles. The van der Waals surface area contributed by atoms with Crippen LogP contribution in [-0.2, 0) is 16.0 Å². The van der Waals surface area contributed by atoms with Gasteiger partial charge in [-0.25, -0.2) is 0 Å². The van der Waals surface area contributed by atoms with E-state index in [1.807, 2.05) is 18.2 Å². The Labute approximate surface area is 222 Å². The van der Waals surface area contributed by atoms with Gasteiger partial charge in [-0.15, -0.1) is 0 Å². The number of anilines is 1. The number of rotatable bonds is 12. The molecule has 37 heavy (non-hydrogen) atoms. The van der Waals surface area contributed by atoms with E-state index >= 15 is 0 Å². The maximum Gasteiger partial charge on any atom is 0.251 e. The van der Waals surface area contributed by atoms with Gasteiger partial charge >= 0.3 is 0 Å². The van der Waals surface area contributed by atoms with Gasteiger partial charge in [-0.3, -0.25) is 9.59 Å². The van der Waals surface area contributed by atoms with Crippen LogP contribution in [0.25, 0.3) is 0 Å². The number of benzene rings is 2. The van der Waals surface area contributed by atoms with E-state index in [1.54, 1.807) is 4.90 Å². The molecular weight excluding hydrogens is 464 g/mol. The van der Waals surface area contributed by atoms with E-state index < -0.39 is 6.04 Å². The number of aliphatic hydroxyl groups excluding tert-OH is 1. The average Bonchev–Trinajstić information content (AvgIpc) is 2.87. The second kappa shape index (κ2) is 13.6. The van der Waals surface area contributed by atoms with Crippen molar-refractivity contribution in [1.82, 2.24) is 4.90 Å². The van der Waals surface area contributed by atoms with Gasteiger partial charge in [0.15, 0.2) is 0 Å². The van der Waals surface area contributed by atoms with Gasteiger partial charge in [-0.1, -0.05) is 71.7 Å². The molecule has 1 unspecified atom stereocenters. The molecule has 0 radical (unpaired) electrons. The first kappa shape index (κ1) is 28.7. The van der Waals surface area contributed by atoms with Crippen molar-refractivity contribution in [3.05, 3.63) is 58.7 Å². The van der Waals surface area contributed by atoms with Crippen molar-refractivity contribution in [3.8, 4) is 5.75 Å². The van der Waals surface area contributed by atoms with Gasteiger partial charge < -0.3 is 20.1 Å². The summed E-state index contributed by atoms with van der Waals surface area (Å²) in [5.41, 5.74) is 4.93. The summed E-state index contributed by atoms with van der Waals surface area (Å²) in [5, 5.41) is 12.4. The molecule has 0 aromatic heterocycles. The van der Waals surface area contributed by atoms with E-state index in [1.165, 1.54) is 0 Å². The van der Waals surface area contributed by atoms with Crippen LogP contribution in [0.1, 0.15) is 107 Å². The van der Waals surface area contributed by atoms with E-state index in [0.717, 1.165) is 47.2 Å². The molecule has 1 atom stereocenters. The molecule has 0 saturated carbocycles. The summed E-state index contributed by atoms with van der Waals surface area (Å²) in [6.07, 6.45) is 4.54. The van der Waals surface area contributed by atoms with Crippen molar-refractivity contribution >= 4 is 17.5 Å². The third-order valence-electron chi connectivity index (χ3n) is 7.10. The minimum atomic E-state index is -0.723. The van der Waals surface area contributed by atoms with Crippen molar-refractivity contribution < 1.29 is 19.4 Å². The number of hydrogen-bond acceptors (Lipinski definition) is 4. The molecule has 1 aliphatic heterocycles. The largest absolute Gasteiger partial charge is 0.493 e. The molecule has 0 fully saturated rings. The first-order chi connectivity index (χ1) is 17.8. The highest BCUT2D eigenvalue weighted by Crippen LogP contribution is 2.37. The van der Waals surface area contributed by atoms with Gasteiger partial charge in [-0.2, -0.15) is 0 Å². The number of hydrogen-bond donors (Lipinski definition) is 2. The molecule has 2 N–H and O–H groups in total. The fourth-order valence-corrected chi connectivity index (χ4v) is 5.05. The van der Waals surface area contributed by atoms with Crippen molar-refractivity contribution in [2.24, 2.45) is 0 Å². The first-order valence-electron chi connectivity index (χ1n) is 13.9. The van der Waals surface area contributed by atoms with E-state index in [9.17, 15) is 9.59 Å². The summed E-state index contributed by atoms with van der Waals surface area (Å²) in [5.74, 6) is 0.965. The second-order valence-corrected chi connectivity index (χ2v) is 10.6. The Bertz CT molecular complexity index is 1040. The highest BCUT2D eigenvalue weighted by atomic mass is 16.5. The van der Waals surface area contributed by atoms with Crippen molar-refractivity contribution in [2.45, 2.75) is 91.0 Å². The topological polar surface area (TPSA) is 78.9 Å². The number of carbonyl (C=O) groups excluding carboxylic acids is 2. The minimum Gasteiger partial charge on any atom is -0.493 e. The number of ether oxygens (including phenoxy) is 1. The summed E-state index contributed by atoms with van der Waals surface area (Å²) in [6, 6.07) is 11.3. The number of amides is 2. The Morgan fingerprint density at radius 1 is 1.05 bits per heavy atom. The molecule has 6 heteroatoms. The fraction of sp³-hybridized carbons (Fsp3) is 0.548. The van der Waals surface area contributed by atoms with Crippen LogP contribution in [0, 0.1) is 0 Å². The van der Waals surface area contributed by atoms with Crippen LogP contribution in [0.15, 0.2) is 36.4 Å². The van der Waals surface area contributed by atoms with Crippen molar-refractivity contribution in [3.63, 3.8) is 0 Å². The van der Waals surface area contributed by atoms with Crippen molar-refractivity contribution in [1.29, 1.82) is 0 Å². The van der Waals surface area contributed by atoms with Gasteiger partial charge in [0, 0.05) is 31.7 Å². The maximum absolute atomic E-state index is 14.1. The Hall–Kier alpha value is -2.86. The van der Waals surface area contributed by atoms with E-state index in [2.05, 4.69) is 58.1 Å². The van der Waals surface area contributed by atoms with Crippen LogP contribution in [0.3, 0.4) is 0 Å². The molecule has 1 aliphatic rings. The quantitative estimate of drug-likeness (QED) is 0.328. The summed E-state index contributed by atoms with van der Waals surface area (Å²) < 4.78 is 5.84. The third kappa shape index (κ3) is 7.13. The van der Waals surface area contributed by atoms with Gasteiger partial charge in [0.25, 0.3) is 5.91 Å². The molecule has 0 aliphatic carbocycles. The number of carbonyl (C=O) groups is 2. The maximum atomic E-state index is 14.1. The SMILES string of the molecule is CCCCCC(=O)N1CCc2ccc(OCCCO)cc2C1C(=O)Nc1c(C(C)C)cccc1C(C)C. The molecule has 6 nitrogen and oxygen atoms in total. The number of nitrogens with one attached hydrogen (secondary N) is 1. The molecule has 3 rings (SSSR count). The number of fused-ring (bicyclic) bond motifs is 1. The minimum absolute atomic E-state index is 0.0204. The molecule has 0 saturated heterocycles. The average molecular weight is 509 g/mol. The number of aliphatic hydroxyl groups is 1. The molecule has 202 valence electrons. The van der Waals surface area contributed by atoms with Crippen molar-refractivity contribution in [2.75, 3.05) is 25.1 Å². The number of para-hydroxylation sites is 1. The Kier molecular flexibility index (Phi) is 10.6. The molecule has 1 heterocycles. The monoisotopic (exact) mass is 508 g/mol. The van der Waals surface area contributed by atoms with Gasteiger partial charge in [0.05, 0.1) is 6.61 Å². The standard InChI is InChI=1S/C31H44N2O4/c1-6-7-8-13-28(35)33-17-16-23-14-15-24(37-19-10-18-34)20-27(23)30(33)31(36)32-29-25(21(2)3)11-9-12-26(29)22(4)5/h9,11-12,14-15,20-22,30,34H,6-8,10,13,16-19H2,1-5H3,(H,32,36). The molecule has 2 aromatic rings. The van der Waals surface area contributed by atoms with Crippen LogP contribution < -0.4 is 10.1 Å². The van der Waals surface area contributed by atoms with Gasteiger partial charge in [0.2, 0.25) is 5.91 Å². The Morgan fingerprint density at radius 2 is 1.76 bits per heavy atom. The molecule has 0 bridgehead atoms. The second-order valence-electron chi connectivity index (χ2n) is 10.6. The van der Waals surface area contributed by atoms with Crippen LogP contribution in [0.5, 0.6) is 5.75 Å². The lowest BCUT2D eigenvalue weighted by atomic mass is 9.89. The van der Waals surface area contributed by atoms with Crippen LogP contribution in [0.2, 0.25) is 0 Å². The fourth-order valence-electron chi connectivity index (χ4n) is 5.05. The predicted molar refractivity (Wildman–Crippen MR) is 149 cm³/mol. The molecule has 2 amide bonds. The Balaban J connectivity index is 2.01. The van der Waals surface area contributed by atoms with Crippen LogP contribution >= 0.6 is 0 Å². The summed E-state index contributed by atoms with van der Waals surface area (Å²) in [6.45, 7) is 11.6. The van der Waals surface area contributed by atoms with Crippen LogP contribution in [0.4, 0.5) is 5.69 Å². The lowest BCUT2D eigenvalue weighted by Gasteiger charge is -2.37. The summed E-state index contributed by atoms with van der Waals surface area (Å²) in [7, 11) is 0. The summed E-state index contributed by atoms with van der Waals surface area (Å²) >= 11 is 0. The zero-order valence-corrected chi connectivity index (χ0v) is 23.2. The predicted octanol–water partition coefficient (Wildman–Crippen LogP) is 6.34. The summed E-state index contributed by atoms with van der Waals surface area (Å²) in [4.78, 5) is 29.3. The zero-order valence-electron chi connectivity index (χ0n) is 23.2. The zero-order chi connectivity index (χ0) is 26.9. The lowest BCUT2D eigenvalue weighted by Crippen LogP contribution is -2.45. The lowest BCUT2D eigenvalue weighted by molar-refractivity contribution is -0.139. The van der Waals surface area contributed by atoms with E-state index in [4.69, 9.17) is 9.84 Å². The first-order valence-corrected chi connectivity index (χ1v) is 13.9. The molecular formula is C31H44N2O4. The Morgan fingerprint density at radius 3 is 2.38 bits per heavy atom. The highest BCUT2D eigenvalue weighted by molar-refractivity contribution is 5.99.